The predicted molar refractivity (Wildman–Crippen MR) is 90.9 cm³/mol. The molecule has 2 aromatic heterocycles. The first-order valence-corrected chi connectivity index (χ1v) is 8.32. The number of fused-ring (bicyclic) bond motifs is 1. The van der Waals surface area contributed by atoms with E-state index in [4.69, 9.17) is 0 Å². The number of anilines is 1. The minimum Gasteiger partial charge on any atom is -0.362 e. The third-order valence-electron chi connectivity index (χ3n) is 3.67. The highest BCUT2D eigenvalue weighted by Crippen LogP contribution is 2.25. The van der Waals surface area contributed by atoms with Crippen molar-refractivity contribution in [3.8, 4) is 0 Å². The Bertz CT molecular complexity index is 792. The van der Waals surface area contributed by atoms with Gasteiger partial charge >= 0.3 is 0 Å². The number of hydrogen-bond acceptors (Lipinski definition) is 5. The lowest BCUT2D eigenvalue weighted by molar-refractivity contribution is 0.863. The van der Waals surface area contributed by atoms with Crippen molar-refractivity contribution in [3.63, 3.8) is 0 Å². The normalized spacial score (nSPS) is 11.1. The molecule has 3 rings (SSSR count). The summed E-state index contributed by atoms with van der Waals surface area (Å²) in [5.74, 6) is 1.68. The highest BCUT2D eigenvalue weighted by atomic mass is 32.2. The van der Waals surface area contributed by atoms with Crippen LogP contribution < -0.4 is 4.90 Å². The first kappa shape index (κ1) is 14.8. The Balaban J connectivity index is 2.08. The summed E-state index contributed by atoms with van der Waals surface area (Å²) in [5, 5.41) is 4.31. The monoisotopic (exact) mass is 313 g/mol. The van der Waals surface area contributed by atoms with Crippen molar-refractivity contribution in [1.82, 2.24) is 19.6 Å². The lowest BCUT2D eigenvalue weighted by Gasteiger charge is -2.19. The first-order valence-electron chi connectivity index (χ1n) is 7.09. The SMILES string of the molecule is CSc1ccc(Cc2c(C)nc3ncnn3c2N(C)C)cc1. The van der Waals surface area contributed by atoms with Crippen molar-refractivity contribution in [2.24, 2.45) is 0 Å². The predicted octanol–water partition coefficient (Wildman–Crippen LogP) is 2.81. The molecule has 0 atom stereocenters. The van der Waals surface area contributed by atoms with E-state index in [1.807, 2.05) is 21.0 Å². The molecule has 6 heteroatoms. The summed E-state index contributed by atoms with van der Waals surface area (Å²) < 4.78 is 1.80. The van der Waals surface area contributed by atoms with Crippen molar-refractivity contribution in [2.75, 3.05) is 25.3 Å². The number of hydrogen-bond donors (Lipinski definition) is 0. The van der Waals surface area contributed by atoms with Gasteiger partial charge in [0, 0.05) is 36.7 Å². The Morgan fingerprint density at radius 2 is 1.91 bits per heavy atom. The Morgan fingerprint density at radius 1 is 1.18 bits per heavy atom. The Labute approximate surface area is 134 Å². The maximum atomic E-state index is 4.57. The van der Waals surface area contributed by atoms with Crippen molar-refractivity contribution in [3.05, 3.63) is 47.4 Å². The first-order chi connectivity index (χ1) is 10.6. The van der Waals surface area contributed by atoms with E-state index < -0.39 is 0 Å². The van der Waals surface area contributed by atoms with Crippen LogP contribution in [0.1, 0.15) is 16.8 Å². The zero-order valence-electron chi connectivity index (χ0n) is 13.2. The van der Waals surface area contributed by atoms with Gasteiger partial charge in [-0.3, -0.25) is 0 Å². The number of nitrogens with zero attached hydrogens (tertiary/aromatic N) is 5. The summed E-state index contributed by atoms with van der Waals surface area (Å²) in [5.41, 5.74) is 3.45. The average molecular weight is 313 g/mol. The molecule has 0 aliphatic heterocycles. The number of aryl methyl sites for hydroxylation is 1. The summed E-state index contributed by atoms with van der Waals surface area (Å²) in [6.07, 6.45) is 4.47. The van der Waals surface area contributed by atoms with E-state index in [1.54, 1.807) is 22.6 Å². The topological polar surface area (TPSA) is 46.3 Å². The van der Waals surface area contributed by atoms with Crippen LogP contribution >= 0.6 is 11.8 Å². The van der Waals surface area contributed by atoms with E-state index >= 15 is 0 Å². The molecule has 0 N–H and O–H groups in total. The van der Waals surface area contributed by atoms with Gasteiger partial charge in [0.25, 0.3) is 5.78 Å². The zero-order chi connectivity index (χ0) is 15.7. The molecule has 0 spiro atoms. The maximum absolute atomic E-state index is 4.57. The van der Waals surface area contributed by atoms with Gasteiger partial charge in [-0.2, -0.15) is 14.6 Å². The molecular weight excluding hydrogens is 294 g/mol. The largest absolute Gasteiger partial charge is 0.362 e. The summed E-state index contributed by atoms with van der Waals surface area (Å²) in [6.45, 7) is 2.03. The van der Waals surface area contributed by atoms with Crippen molar-refractivity contribution < 1.29 is 0 Å². The van der Waals surface area contributed by atoms with Gasteiger partial charge in [-0.15, -0.1) is 11.8 Å². The molecule has 0 fully saturated rings. The van der Waals surface area contributed by atoms with Crippen LogP contribution in [0.5, 0.6) is 0 Å². The fraction of sp³-hybridized carbons (Fsp3) is 0.312. The molecule has 2 heterocycles. The van der Waals surface area contributed by atoms with Gasteiger partial charge in [0.05, 0.1) is 0 Å². The average Bonchev–Trinajstić information content (AvgIpc) is 2.95. The van der Waals surface area contributed by atoms with Crippen LogP contribution in [0.25, 0.3) is 5.78 Å². The van der Waals surface area contributed by atoms with Gasteiger partial charge in [0.15, 0.2) is 0 Å². The van der Waals surface area contributed by atoms with Crippen LogP contribution in [-0.4, -0.2) is 39.9 Å². The molecule has 0 bridgehead atoms. The van der Waals surface area contributed by atoms with E-state index in [9.17, 15) is 0 Å². The third-order valence-corrected chi connectivity index (χ3v) is 4.41. The molecule has 0 unspecified atom stereocenters. The van der Waals surface area contributed by atoms with E-state index in [0.717, 1.165) is 17.9 Å². The maximum Gasteiger partial charge on any atom is 0.254 e. The van der Waals surface area contributed by atoms with Crippen LogP contribution in [0.4, 0.5) is 5.82 Å². The third kappa shape index (κ3) is 2.66. The van der Waals surface area contributed by atoms with Crippen molar-refractivity contribution in [1.29, 1.82) is 0 Å². The van der Waals surface area contributed by atoms with Gasteiger partial charge in [0.1, 0.15) is 12.1 Å². The van der Waals surface area contributed by atoms with Gasteiger partial charge < -0.3 is 4.90 Å². The molecule has 114 valence electrons. The van der Waals surface area contributed by atoms with E-state index in [1.165, 1.54) is 16.0 Å². The van der Waals surface area contributed by atoms with Gasteiger partial charge in [-0.1, -0.05) is 12.1 Å². The minimum absolute atomic E-state index is 0.641. The number of rotatable bonds is 4. The molecule has 1 aromatic carbocycles. The molecule has 0 radical (unpaired) electrons. The van der Waals surface area contributed by atoms with Crippen molar-refractivity contribution >= 4 is 23.4 Å². The lowest BCUT2D eigenvalue weighted by Crippen LogP contribution is -2.18. The summed E-state index contributed by atoms with van der Waals surface area (Å²) in [4.78, 5) is 12.1. The Kier molecular flexibility index (Phi) is 4.02. The second kappa shape index (κ2) is 5.96. The quantitative estimate of drug-likeness (QED) is 0.693. The Morgan fingerprint density at radius 3 is 2.55 bits per heavy atom. The van der Waals surface area contributed by atoms with Crippen LogP contribution in [-0.2, 0) is 6.42 Å². The van der Waals surface area contributed by atoms with Crippen LogP contribution in [0, 0.1) is 6.92 Å². The molecule has 0 saturated heterocycles. The fourth-order valence-electron chi connectivity index (χ4n) is 2.58. The molecule has 3 aromatic rings. The lowest BCUT2D eigenvalue weighted by atomic mass is 10.0. The number of thioether (sulfide) groups is 1. The smallest absolute Gasteiger partial charge is 0.254 e. The van der Waals surface area contributed by atoms with E-state index in [2.05, 4.69) is 50.5 Å². The molecule has 0 aliphatic carbocycles. The van der Waals surface area contributed by atoms with Crippen molar-refractivity contribution in [2.45, 2.75) is 18.2 Å². The second-order valence-corrected chi connectivity index (χ2v) is 6.27. The standard InChI is InChI=1S/C16H19N5S/c1-11-14(9-12-5-7-13(22-4)8-6-12)15(20(2)3)21-16(19-11)17-10-18-21/h5-8,10H,9H2,1-4H3. The summed E-state index contributed by atoms with van der Waals surface area (Å²) in [7, 11) is 4.05. The van der Waals surface area contributed by atoms with E-state index in [0.29, 0.717) is 5.78 Å². The number of benzene rings is 1. The zero-order valence-corrected chi connectivity index (χ0v) is 14.1. The molecule has 22 heavy (non-hydrogen) atoms. The summed E-state index contributed by atoms with van der Waals surface area (Å²) in [6, 6.07) is 8.67. The fourth-order valence-corrected chi connectivity index (χ4v) is 2.99. The second-order valence-electron chi connectivity index (χ2n) is 5.39. The molecule has 0 amide bonds. The minimum atomic E-state index is 0.641. The van der Waals surface area contributed by atoms with Gasteiger partial charge in [-0.25, -0.2) is 4.98 Å². The molecule has 0 saturated carbocycles. The highest BCUT2D eigenvalue weighted by Gasteiger charge is 2.16. The van der Waals surface area contributed by atoms with Crippen LogP contribution in [0.3, 0.4) is 0 Å². The Hall–Kier alpha value is -2.08. The molecule has 5 nitrogen and oxygen atoms in total. The van der Waals surface area contributed by atoms with Crippen LogP contribution in [0.15, 0.2) is 35.5 Å². The van der Waals surface area contributed by atoms with E-state index in [-0.39, 0.29) is 0 Å². The van der Waals surface area contributed by atoms with Crippen LogP contribution in [0.2, 0.25) is 0 Å². The highest BCUT2D eigenvalue weighted by molar-refractivity contribution is 7.98. The van der Waals surface area contributed by atoms with Gasteiger partial charge in [-0.05, 0) is 30.9 Å². The van der Waals surface area contributed by atoms with Gasteiger partial charge in [0.2, 0.25) is 0 Å². The molecular formula is C16H19N5S. The molecule has 0 aliphatic rings. The number of aromatic nitrogens is 4. The summed E-state index contributed by atoms with van der Waals surface area (Å²) >= 11 is 1.76.